The van der Waals surface area contributed by atoms with Crippen molar-refractivity contribution in [3.8, 4) is 45.6 Å². The lowest BCUT2D eigenvalue weighted by atomic mass is 9.54. The number of aliphatic hydroxyl groups excluding tert-OH is 6. The van der Waals surface area contributed by atoms with Crippen LogP contribution in [0.3, 0.4) is 0 Å². The van der Waals surface area contributed by atoms with Crippen molar-refractivity contribution in [3.05, 3.63) is 129 Å². The second kappa shape index (κ2) is 34.9. The van der Waals surface area contributed by atoms with Crippen LogP contribution >= 0.6 is 11.6 Å². The molecule has 5 aromatic carbocycles. The Balaban J connectivity index is 0.961. The summed E-state index contributed by atoms with van der Waals surface area (Å²) in [5.41, 5.74) is 3.40. The Kier molecular flexibility index (Phi) is 25.2. The van der Waals surface area contributed by atoms with Crippen LogP contribution in [0.2, 0.25) is 5.02 Å². The van der Waals surface area contributed by atoms with Crippen molar-refractivity contribution in [3.63, 3.8) is 0 Å². The Labute approximate surface area is 689 Å². The van der Waals surface area contributed by atoms with Crippen molar-refractivity contribution in [1.29, 1.82) is 0 Å². The molecule has 7 heterocycles. The molecule has 0 radical (unpaired) electrons. The molecular formula is C84H103ClN10O24. The predicted octanol–water partition coefficient (Wildman–Crippen LogP) is 2.52. The Morgan fingerprint density at radius 1 is 0.689 bits per heavy atom. The van der Waals surface area contributed by atoms with Gasteiger partial charge in [0.15, 0.2) is 23.9 Å². The lowest BCUT2D eigenvalue weighted by Gasteiger charge is -2.54. The van der Waals surface area contributed by atoms with Gasteiger partial charge in [-0.3, -0.25) is 48.5 Å². The van der Waals surface area contributed by atoms with E-state index in [1.165, 1.54) is 87.6 Å². The molecule has 20 N–H and O–H groups in total. The average Bonchev–Trinajstić information content (AvgIpc) is 1.56. The number of aliphatic hydroxyl groups is 8. The second-order valence-corrected chi connectivity index (χ2v) is 34.2. The van der Waals surface area contributed by atoms with Gasteiger partial charge in [0.1, 0.15) is 84.0 Å². The van der Waals surface area contributed by atoms with Gasteiger partial charge in [0.25, 0.3) is 0 Å². The number of halogens is 1. The summed E-state index contributed by atoms with van der Waals surface area (Å²) in [6.07, 6.45) is -11.4. The number of unbranched alkanes of at least 4 members (excludes halogenated alkanes) is 3. The van der Waals surface area contributed by atoms with E-state index in [2.05, 4.69) is 47.9 Å². The van der Waals surface area contributed by atoms with Gasteiger partial charge in [0.05, 0.1) is 36.3 Å². The summed E-state index contributed by atoms with van der Waals surface area (Å²) in [6.45, 7) is 7.73. The maximum absolute atomic E-state index is 16.6. The molecule has 640 valence electrons. The summed E-state index contributed by atoms with van der Waals surface area (Å²) in [6, 6.07) is 2.97. The van der Waals surface area contributed by atoms with Crippen LogP contribution in [0.5, 0.6) is 34.5 Å². The number of amides is 9. The number of benzene rings is 5. The van der Waals surface area contributed by atoms with Gasteiger partial charge in [-0.25, -0.2) is 0 Å². The number of likely N-dealkylation sites (N-methyl/N-ethyl adjacent to an activating group) is 1. The quantitative estimate of drug-likeness (QED) is 0.0417. The third kappa shape index (κ3) is 17.7. The van der Waals surface area contributed by atoms with Gasteiger partial charge < -0.3 is 123 Å². The molecule has 15 bridgehead atoms. The highest BCUT2D eigenvalue weighted by Gasteiger charge is 2.54. The van der Waals surface area contributed by atoms with Crippen LogP contribution in [0.1, 0.15) is 187 Å². The van der Waals surface area contributed by atoms with E-state index >= 15 is 28.8 Å². The number of phenolic OH excluding ortho intramolecular Hbond substituents is 1. The fourth-order valence-electron chi connectivity index (χ4n) is 18.6. The zero-order valence-corrected chi connectivity index (χ0v) is 67.1. The summed E-state index contributed by atoms with van der Waals surface area (Å²) in [5.74, 6) is -14.7. The molecule has 5 aromatic rings. The van der Waals surface area contributed by atoms with E-state index in [0.29, 0.717) is 24.7 Å². The molecule has 0 spiro atoms. The molecule has 7 aliphatic heterocycles. The molecule has 9 amide bonds. The number of rotatable bonds is 19. The Hall–Kier alpha value is -9.50. The number of nitrogens with two attached hydrogens (primary N) is 1. The highest BCUT2D eigenvalue weighted by molar-refractivity contribution is 6.32. The van der Waals surface area contributed by atoms with Crippen LogP contribution in [0.25, 0.3) is 11.1 Å². The SMILES string of the molecule is CCCCCCC(=O)NC(=O)C[C@@H]1NC(=O)[C@H](NC(=O)[C@@H](CC(C)C)NC)[C@H](O)c2ccc(c(Cl)c2)Oc2cc3cc(c2O[C@@H]2O[C@H](CO)[C@@H](O)[C@H](O)[C@H]2O[C@H]2C[C@](C)(N)[C@H](O)[C@H](C)O2)Oc2ccc(cc2)[C@@H](O)[C@@H]2NC(=O)[C@H](NC(=O)[C@@H]3NC1=O)c1ccc3c(c1)-c1c(cc(O)cc1C3(O)O)[C@@H](C(=O)NC1C3CC4CC(C3)CC1C4)NC2=O. The first-order valence-corrected chi connectivity index (χ1v) is 40.9. The van der Waals surface area contributed by atoms with E-state index < -0.39 is 210 Å². The highest BCUT2D eigenvalue weighted by Crippen LogP contribution is 2.56. The summed E-state index contributed by atoms with van der Waals surface area (Å²) < 4.78 is 39.1. The molecule has 0 unspecified atom stereocenters. The molecule has 35 heteroatoms. The summed E-state index contributed by atoms with van der Waals surface area (Å²) in [7, 11) is 1.49. The lowest BCUT2D eigenvalue weighted by Crippen LogP contribution is -2.64. The molecule has 12 aliphatic rings. The first-order chi connectivity index (χ1) is 56.6. The zero-order chi connectivity index (χ0) is 85.1. The lowest BCUT2D eigenvalue weighted by molar-refractivity contribution is -0.333. The van der Waals surface area contributed by atoms with Crippen molar-refractivity contribution in [2.75, 3.05) is 13.7 Å². The standard InChI is InChI=1S/C84H103ClN10O24/c1-7-8-9-10-11-58(98)89-59(99)32-53-76(106)91-64-44-28-55(72(119-82-73(71(103)70(102)57(34-96)117-82)118-60-33-83(5,86)74(104)36(4)114-60)56(29-44)116-54-19-15-41(27-51(54)85)69(101)67(80(110)88-53)94-75(105)52(87-6)20-35(2)3)115-46-16-12-39(13-17-46)68(100)66-81(111)93-65(79(109)90-62-42-22-37-21-38(24-42)25-43(62)23-37)48-30-45(97)31-50-61(48)47-26-40(14-18-49(47)84(50,112)113)63(77(107)95-66)92-78(64)108/h12-19,26-31,35-38,42-43,52-53,57,60,62-71,73-74,82,87,96-97,100-104,112-113H,7-11,20-25,32-34,86H2,1-6H3,(H,88,110)(H,90,109)(H,91,106)(H,92,108)(H,93,111)(H,94,105)(H,95,107)(H,89,98,99)/t36-,37?,38?,42?,43?,52+,53-,57+,60-,62?,63+,64+,65-,66-,67+,68+,69+,70+,71-,73+,74+,82-,83-/m0/s1. The molecule has 2 saturated heterocycles. The number of carbonyl (C=O) groups is 9. The number of imide groups is 1. The molecule has 18 atom stereocenters. The van der Waals surface area contributed by atoms with Crippen molar-refractivity contribution in [1.82, 2.24) is 47.9 Å². The first-order valence-electron chi connectivity index (χ1n) is 40.6. The maximum Gasteiger partial charge on any atom is 0.248 e. The highest BCUT2D eigenvalue weighted by atomic mass is 35.5. The fourth-order valence-corrected chi connectivity index (χ4v) is 18.8. The first kappa shape index (κ1) is 85.9. The number of phenols is 1. The minimum atomic E-state index is -2.97. The molecule has 34 nitrogen and oxygen atoms in total. The van der Waals surface area contributed by atoms with Gasteiger partial charge in [0.2, 0.25) is 71.0 Å². The van der Waals surface area contributed by atoms with Crippen molar-refractivity contribution >= 4 is 64.8 Å². The van der Waals surface area contributed by atoms with Gasteiger partial charge in [-0.1, -0.05) is 82.0 Å². The van der Waals surface area contributed by atoms with Crippen LogP contribution in [0.15, 0.2) is 84.9 Å². The minimum Gasteiger partial charge on any atom is -0.508 e. The molecule has 6 fully saturated rings. The van der Waals surface area contributed by atoms with E-state index in [-0.39, 0.29) is 104 Å². The summed E-state index contributed by atoms with van der Waals surface area (Å²) in [4.78, 5) is 138. The number of hydrogen-bond acceptors (Lipinski definition) is 26. The minimum absolute atomic E-state index is 0.0776. The van der Waals surface area contributed by atoms with Crippen LogP contribution in [-0.2, 0) is 63.1 Å². The Morgan fingerprint density at radius 2 is 1.35 bits per heavy atom. The number of hydrogen-bond donors (Lipinski definition) is 19. The second-order valence-electron chi connectivity index (χ2n) is 33.8. The number of nitrogens with one attached hydrogen (secondary N) is 9. The number of ether oxygens (including phenoxy) is 6. The third-order valence-electron chi connectivity index (χ3n) is 24.6. The van der Waals surface area contributed by atoms with Gasteiger partial charge in [0, 0.05) is 35.5 Å². The topological polar surface area (TPSA) is 525 Å². The monoisotopic (exact) mass is 1670 g/mol. The van der Waals surface area contributed by atoms with Gasteiger partial charge in [-0.15, -0.1) is 0 Å². The van der Waals surface area contributed by atoms with E-state index in [1.54, 1.807) is 0 Å². The molecule has 17 rings (SSSR count). The summed E-state index contributed by atoms with van der Waals surface area (Å²) in [5, 5.41) is 131. The normalized spacial score (nSPS) is 32.0. The number of fused-ring (bicyclic) bond motifs is 12. The van der Waals surface area contributed by atoms with E-state index in [9.17, 15) is 60.3 Å². The number of aromatic hydroxyl groups is 1. The van der Waals surface area contributed by atoms with Gasteiger partial charge in [-0.05, 0) is 189 Å². The fraction of sp³-hybridized carbons (Fsp3) is 0.536. The van der Waals surface area contributed by atoms with E-state index in [1.807, 2.05) is 20.8 Å². The zero-order valence-electron chi connectivity index (χ0n) is 66.4. The van der Waals surface area contributed by atoms with Gasteiger partial charge in [-0.2, -0.15) is 0 Å². The van der Waals surface area contributed by atoms with Crippen LogP contribution in [0, 0.1) is 29.6 Å². The molecule has 119 heavy (non-hydrogen) atoms. The molecule has 4 saturated carbocycles. The largest absolute Gasteiger partial charge is 0.508 e. The maximum atomic E-state index is 16.6. The Bertz CT molecular complexity index is 4710. The molecule has 0 aromatic heterocycles. The van der Waals surface area contributed by atoms with Crippen molar-refractivity contribution in [2.45, 2.75) is 239 Å². The average molecular weight is 1670 g/mol. The Morgan fingerprint density at radius 3 is 2.02 bits per heavy atom. The third-order valence-corrected chi connectivity index (χ3v) is 24.9. The molecule has 5 aliphatic carbocycles. The molecular weight excluding hydrogens is 1570 g/mol. The summed E-state index contributed by atoms with van der Waals surface area (Å²) >= 11 is 7.20. The van der Waals surface area contributed by atoms with Gasteiger partial charge >= 0.3 is 0 Å². The van der Waals surface area contributed by atoms with Crippen molar-refractivity contribution in [2.24, 2.45) is 35.3 Å². The predicted molar refractivity (Wildman–Crippen MR) is 420 cm³/mol. The smallest absolute Gasteiger partial charge is 0.248 e. The number of carbonyl (C=O) groups excluding carboxylic acids is 9. The van der Waals surface area contributed by atoms with Crippen LogP contribution < -0.4 is 67.8 Å². The van der Waals surface area contributed by atoms with E-state index in [4.69, 9.17) is 45.8 Å². The van der Waals surface area contributed by atoms with Crippen LogP contribution in [0.4, 0.5) is 0 Å². The van der Waals surface area contributed by atoms with Crippen molar-refractivity contribution < 1.29 is 118 Å². The van der Waals surface area contributed by atoms with Crippen LogP contribution in [-0.4, -0.2) is 198 Å². The van der Waals surface area contributed by atoms with E-state index in [0.717, 1.165) is 63.1 Å².